The first-order chi connectivity index (χ1) is 14.4. The van der Waals surface area contributed by atoms with Crippen LogP contribution in [0.2, 0.25) is 0 Å². The number of sulfonamides is 1. The summed E-state index contributed by atoms with van der Waals surface area (Å²) in [7, 11) is -3.72. The Balaban J connectivity index is 1.42. The third kappa shape index (κ3) is 4.26. The van der Waals surface area contributed by atoms with Crippen molar-refractivity contribution in [2.24, 2.45) is 11.8 Å². The molecule has 0 radical (unpaired) electrons. The summed E-state index contributed by atoms with van der Waals surface area (Å²) in [6.07, 6.45) is 7.90. The summed E-state index contributed by atoms with van der Waals surface area (Å²) in [5.74, 6) is 0.899. The predicted molar refractivity (Wildman–Crippen MR) is 114 cm³/mol. The summed E-state index contributed by atoms with van der Waals surface area (Å²) in [6, 6.07) is 9.07. The van der Waals surface area contributed by atoms with E-state index in [4.69, 9.17) is 0 Å². The molecule has 0 spiro atoms. The first kappa shape index (κ1) is 21.3. The Labute approximate surface area is 179 Å². The topological polar surface area (TPSA) is 81.5 Å². The number of nitriles is 1. The molecule has 0 atom stereocenters. The maximum atomic E-state index is 13.4. The number of hydrogen-bond donors (Lipinski definition) is 0. The zero-order valence-electron chi connectivity index (χ0n) is 17.7. The Hall–Kier alpha value is -1.91. The molecule has 1 saturated heterocycles. The van der Waals surface area contributed by atoms with Crippen LogP contribution in [0.4, 0.5) is 0 Å². The highest BCUT2D eigenvalue weighted by molar-refractivity contribution is 7.89. The molecule has 1 aromatic rings. The van der Waals surface area contributed by atoms with Gasteiger partial charge < -0.3 is 4.90 Å². The van der Waals surface area contributed by atoms with Crippen molar-refractivity contribution in [2.45, 2.75) is 75.3 Å². The van der Waals surface area contributed by atoms with E-state index in [1.807, 2.05) is 6.07 Å². The normalized spacial score (nSPS) is 26.1. The number of hydrogen-bond acceptors (Lipinski definition) is 4. The summed E-state index contributed by atoms with van der Waals surface area (Å²) < 4.78 is 27.5. The number of nitrogens with zero attached hydrogens (tertiary/aromatic N) is 3. The fraction of sp³-hybridized carbons (Fsp3) is 0.652. The van der Waals surface area contributed by atoms with E-state index in [-0.39, 0.29) is 22.3 Å². The van der Waals surface area contributed by atoms with Crippen molar-refractivity contribution in [1.82, 2.24) is 9.21 Å². The molecular weight excluding hydrogens is 398 g/mol. The van der Waals surface area contributed by atoms with E-state index in [9.17, 15) is 18.5 Å². The molecule has 3 aliphatic rings. The lowest BCUT2D eigenvalue weighted by Crippen LogP contribution is -2.49. The Bertz CT molecular complexity index is 919. The second kappa shape index (κ2) is 8.68. The molecule has 4 rings (SSSR count). The van der Waals surface area contributed by atoms with Gasteiger partial charge in [-0.25, -0.2) is 8.42 Å². The van der Waals surface area contributed by atoms with Crippen molar-refractivity contribution in [3.63, 3.8) is 0 Å². The Morgan fingerprint density at radius 1 is 1.00 bits per heavy atom. The number of amides is 1. The van der Waals surface area contributed by atoms with Gasteiger partial charge in [0.25, 0.3) is 0 Å². The minimum atomic E-state index is -3.72. The first-order valence-electron chi connectivity index (χ1n) is 11.2. The summed E-state index contributed by atoms with van der Waals surface area (Å²) in [6.45, 7) is 2.96. The molecule has 30 heavy (non-hydrogen) atoms. The van der Waals surface area contributed by atoms with Crippen LogP contribution >= 0.6 is 0 Å². The van der Waals surface area contributed by atoms with E-state index in [0.717, 1.165) is 31.6 Å². The maximum Gasteiger partial charge on any atom is 0.244 e. The van der Waals surface area contributed by atoms with Gasteiger partial charge in [-0.2, -0.15) is 9.57 Å². The molecule has 1 aromatic carbocycles. The molecule has 3 fully saturated rings. The monoisotopic (exact) mass is 429 g/mol. The van der Waals surface area contributed by atoms with Crippen LogP contribution in [0.3, 0.4) is 0 Å². The zero-order chi connectivity index (χ0) is 21.3. The molecule has 2 saturated carbocycles. The molecule has 0 unspecified atom stereocenters. The molecule has 1 amide bonds. The van der Waals surface area contributed by atoms with Crippen LogP contribution in [0.5, 0.6) is 0 Å². The van der Waals surface area contributed by atoms with E-state index in [1.165, 1.54) is 29.3 Å². The van der Waals surface area contributed by atoms with Crippen molar-refractivity contribution in [2.75, 3.05) is 13.1 Å². The second-order valence-electron chi connectivity index (χ2n) is 9.18. The van der Waals surface area contributed by atoms with Crippen LogP contribution < -0.4 is 0 Å². The average molecular weight is 430 g/mol. The van der Waals surface area contributed by atoms with Crippen molar-refractivity contribution in [3.05, 3.63) is 29.8 Å². The highest BCUT2D eigenvalue weighted by Gasteiger charge is 2.42. The molecule has 6 nitrogen and oxygen atoms in total. The lowest BCUT2D eigenvalue weighted by Gasteiger charge is -2.40. The Morgan fingerprint density at radius 2 is 1.57 bits per heavy atom. The minimum absolute atomic E-state index is 0.0632. The largest absolute Gasteiger partial charge is 0.336 e. The third-order valence-corrected chi connectivity index (χ3v) is 8.96. The first-order valence-corrected chi connectivity index (χ1v) is 12.7. The predicted octanol–water partition coefficient (Wildman–Crippen LogP) is 3.53. The van der Waals surface area contributed by atoms with Gasteiger partial charge in [-0.15, -0.1) is 0 Å². The van der Waals surface area contributed by atoms with Crippen molar-refractivity contribution in [3.8, 4) is 6.07 Å². The zero-order valence-corrected chi connectivity index (χ0v) is 18.5. The molecular formula is C23H31N3O3S. The molecule has 1 heterocycles. The molecule has 2 aliphatic carbocycles. The summed E-state index contributed by atoms with van der Waals surface area (Å²) in [5, 5.41) is 9.27. The summed E-state index contributed by atoms with van der Waals surface area (Å²) in [4.78, 5) is 15.7. The fourth-order valence-electron chi connectivity index (χ4n) is 5.01. The highest BCUT2D eigenvalue weighted by atomic mass is 32.2. The summed E-state index contributed by atoms with van der Waals surface area (Å²) >= 11 is 0. The SMILES string of the molecule is CC1CCC(N(C(=O)C2CCN(S(=O)(=O)c3ccccc3C#N)CC2)C2CC2)CC1. The quantitative estimate of drug-likeness (QED) is 0.717. The van der Waals surface area contributed by atoms with Crippen LogP contribution in [0, 0.1) is 23.2 Å². The van der Waals surface area contributed by atoms with Crippen molar-refractivity contribution in [1.29, 1.82) is 5.26 Å². The molecule has 1 aliphatic heterocycles. The van der Waals surface area contributed by atoms with Gasteiger partial charge in [-0.1, -0.05) is 19.1 Å². The number of rotatable bonds is 5. The standard InChI is InChI=1S/C23H31N3O3S/c1-17-6-8-20(9-7-17)26(21-10-11-21)23(27)18-12-14-25(15-13-18)30(28,29)22-5-3-2-4-19(22)16-24/h2-5,17-18,20-21H,6-15H2,1H3. The molecule has 0 N–H and O–H groups in total. The molecule has 0 bridgehead atoms. The van der Waals surface area contributed by atoms with E-state index in [1.54, 1.807) is 12.1 Å². The minimum Gasteiger partial charge on any atom is -0.336 e. The number of carbonyl (C=O) groups excluding carboxylic acids is 1. The number of carbonyl (C=O) groups is 1. The van der Waals surface area contributed by atoms with Gasteiger partial charge in [-0.05, 0) is 69.4 Å². The maximum absolute atomic E-state index is 13.4. The summed E-state index contributed by atoms with van der Waals surface area (Å²) in [5.41, 5.74) is 0.169. The molecule has 7 heteroatoms. The van der Waals surface area contributed by atoms with Gasteiger partial charge in [0.05, 0.1) is 10.5 Å². The molecule has 162 valence electrons. The van der Waals surface area contributed by atoms with Crippen molar-refractivity contribution >= 4 is 15.9 Å². The highest BCUT2D eigenvalue weighted by Crippen LogP contribution is 2.37. The van der Waals surface area contributed by atoms with Gasteiger partial charge in [0.15, 0.2) is 0 Å². The molecule has 0 aromatic heterocycles. The Kier molecular flexibility index (Phi) is 6.17. The van der Waals surface area contributed by atoms with Crippen LogP contribution in [0.15, 0.2) is 29.2 Å². The van der Waals surface area contributed by atoms with Gasteiger partial charge >= 0.3 is 0 Å². The van der Waals surface area contributed by atoms with Crippen LogP contribution in [0.25, 0.3) is 0 Å². The van der Waals surface area contributed by atoms with E-state index in [0.29, 0.717) is 38.0 Å². The van der Waals surface area contributed by atoms with Gasteiger partial charge in [-0.3, -0.25) is 4.79 Å². The third-order valence-electron chi connectivity index (χ3n) is 7.00. The second-order valence-corrected chi connectivity index (χ2v) is 11.1. The van der Waals surface area contributed by atoms with E-state index < -0.39 is 10.0 Å². The van der Waals surface area contributed by atoms with Gasteiger partial charge in [0.2, 0.25) is 15.9 Å². The number of benzene rings is 1. The lowest BCUT2D eigenvalue weighted by atomic mass is 9.85. The lowest BCUT2D eigenvalue weighted by molar-refractivity contribution is -0.140. The van der Waals surface area contributed by atoms with Crippen LogP contribution in [-0.4, -0.2) is 48.7 Å². The van der Waals surface area contributed by atoms with Gasteiger partial charge in [0.1, 0.15) is 6.07 Å². The Morgan fingerprint density at radius 3 is 2.13 bits per heavy atom. The number of piperidine rings is 1. The van der Waals surface area contributed by atoms with E-state index in [2.05, 4.69) is 11.8 Å². The van der Waals surface area contributed by atoms with Crippen molar-refractivity contribution < 1.29 is 13.2 Å². The fourth-order valence-corrected chi connectivity index (χ4v) is 6.62. The average Bonchev–Trinajstić information content (AvgIpc) is 3.60. The van der Waals surface area contributed by atoms with E-state index >= 15 is 0 Å². The smallest absolute Gasteiger partial charge is 0.244 e. The van der Waals surface area contributed by atoms with Gasteiger partial charge in [0, 0.05) is 31.1 Å². The van der Waals surface area contributed by atoms with Crippen LogP contribution in [0.1, 0.15) is 63.9 Å². The van der Waals surface area contributed by atoms with Crippen LogP contribution in [-0.2, 0) is 14.8 Å².